The van der Waals surface area contributed by atoms with Gasteiger partial charge in [0.15, 0.2) is 18.1 Å². The van der Waals surface area contributed by atoms with Gasteiger partial charge in [-0.3, -0.25) is 10.1 Å². The van der Waals surface area contributed by atoms with Crippen LogP contribution in [0.15, 0.2) is 24.3 Å². The molecular formula is C11H11NO4. The van der Waals surface area contributed by atoms with Gasteiger partial charge in [-0.1, -0.05) is 12.1 Å². The van der Waals surface area contributed by atoms with E-state index in [1.165, 1.54) is 0 Å². The summed E-state index contributed by atoms with van der Waals surface area (Å²) in [7, 11) is 0. The van der Waals surface area contributed by atoms with Crippen molar-refractivity contribution in [3.8, 4) is 11.5 Å². The first-order valence-electron chi connectivity index (χ1n) is 5.28. The zero-order valence-corrected chi connectivity index (χ0v) is 8.59. The van der Waals surface area contributed by atoms with Crippen LogP contribution < -0.4 is 9.47 Å². The van der Waals surface area contributed by atoms with Crippen molar-refractivity contribution in [2.75, 3.05) is 6.61 Å². The van der Waals surface area contributed by atoms with Gasteiger partial charge in [-0.25, -0.2) is 0 Å². The third-order valence-corrected chi connectivity index (χ3v) is 3.09. The van der Waals surface area contributed by atoms with Crippen LogP contribution in [0.1, 0.15) is 12.8 Å². The average molecular weight is 221 g/mol. The topological polar surface area (TPSA) is 61.6 Å². The lowest BCUT2D eigenvalue weighted by Crippen LogP contribution is -2.53. The summed E-state index contributed by atoms with van der Waals surface area (Å²) in [4.78, 5) is 10.8. The van der Waals surface area contributed by atoms with E-state index < -0.39 is 5.72 Å². The summed E-state index contributed by atoms with van der Waals surface area (Å²) in [5.41, 5.74) is -1.37. The molecular weight excluding hydrogens is 210 g/mol. The van der Waals surface area contributed by atoms with E-state index in [1.807, 2.05) is 6.07 Å². The fourth-order valence-electron chi connectivity index (χ4n) is 2.03. The Kier molecular flexibility index (Phi) is 1.83. The third kappa shape index (κ3) is 1.24. The minimum absolute atomic E-state index is 0.00167. The second-order valence-electron chi connectivity index (χ2n) is 4.21. The van der Waals surface area contributed by atoms with Crippen molar-refractivity contribution in [3.05, 3.63) is 34.4 Å². The van der Waals surface area contributed by atoms with Crippen molar-refractivity contribution >= 4 is 0 Å². The standard InChI is InChI=1S/C11H11NO4/c13-12(14)11(8-5-6-8)7-15-9-3-1-2-4-10(9)16-11/h1-4,8H,5-7H2. The van der Waals surface area contributed by atoms with Crippen molar-refractivity contribution in [1.82, 2.24) is 0 Å². The third-order valence-electron chi connectivity index (χ3n) is 3.09. The molecule has 1 aromatic rings. The summed E-state index contributed by atoms with van der Waals surface area (Å²) in [6, 6.07) is 7.06. The van der Waals surface area contributed by atoms with Crippen LogP contribution in [-0.2, 0) is 0 Å². The lowest BCUT2D eigenvalue weighted by Gasteiger charge is -2.30. The number of nitrogens with zero attached hydrogens (tertiary/aromatic N) is 1. The predicted octanol–water partition coefficient (Wildman–Crippen LogP) is 1.84. The summed E-state index contributed by atoms with van der Waals surface area (Å²) in [5, 5.41) is 11.2. The minimum atomic E-state index is -1.37. The largest absolute Gasteiger partial charge is 0.478 e. The number of hydrogen-bond acceptors (Lipinski definition) is 4. The van der Waals surface area contributed by atoms with Crippen molar-refractivity contribution in [2.45, 2.75) is 18.6 Å². The van der Waals surface area contributed by atoms with Gasteiger partial charge in [0, 0.05) is 0 Å². The molecule has 0 amide bonds. The Morgan fingerprint density at radius 1 is 1.31 bits per heavy atom. The molecule has 1 aliphatic heterocycles. The Bertz CT molecular complexity index is 443. The number of ether oxygens (including phenoxy) is 2. The van der Waals surface area contributed by atoms with E-state index in [0.29, 0.717) is 11.5 Å². The number of para-hydroxylation sites is 2. The van der Waals surface area contributed by atoms with Crippen molar-refractivity contribution in [1.29, 1.82) is 0 Å². The van der Waals surface area contributed by atoms with Gasteiger partial charge in [-0.2, -0.15) is 0 Å². The Labute approximate surface area is 92.1 Å². The first-order chi connectivity index (χ1) is 7.72. The zero-order chi connectivity index (χ0) is 11.2. The van der Waals surface area contributed by atoms with Crippen LogP contribution in [0.2, 0.25) is 0 Å². The second-order valence-corrected chi connectivity index (χ2v) is 4.21. The van der Waals surface area contributed by atoms with Crippen molar-refractivity contribution in [3.63, 3.8) is 0 Å². The van der Waals surface area contributed by atoms with Gasteiger partial charge in [0.05, 0.1) is 10.8 Å². The van der Waals surface area contributed by atoms with E-state index in [2.05, 4.69) is 0 Å². The Morgan fingerprint density at radius 2 is 2.00 bits per heavy atom. The first-order valence-corrected chi connectivity index (χ1v) is 5.28. The molecule has 5 nitrogen and oxygen atoms in total. The smallest absolute Gasteiger partial charge is 0.399 e. The Balaban J connectivity index is 1.98. The van der Waals surface area contributed by atoms with Crippen LogP contribution in [0.25, 0.3) is 0 Å². The van der Waals surface area contributed by atoms with E-state index in [0.717, 1.165) is 12.8 Å². The summed E-state index contributed by atoms with van der Waals surface area (Å²) in [6.45, 7) is 0.00167. The SMILES string of the molecule is O=[N+]([O-])C1(C2CC2)COc2ccccc2O1. The van der Waals surface area contributed by atoms with Gasteiger partial charge in [0.1, 0.15) is 0 Å². The average Bonchev–Trinajstić information content (AvgIpc) is 3.12. The molecule has 1 saturated carbocycles. The van der Waals surface area contributed by atoms with Gasteiger partial charge >= 0.3 is 5.72 Å². The molecule has 1 aromatic carbocycles. The highest BCUT2D eigenvalue weighted by atomic mass is 16.7. The summed E-state index contributed by atoms with van der Waals surface area (Å²) in [6.07, 6.45) is 1.68. The van der Waals surface area contributed by atoms with Crippen LogP contribution in [0, 0.1) is 16.0 Å². The monoisotopic (exact) mass is 221 g/mol. The van der Waals surface area contributed by atoms with Gasteiger partial charge in [-0.05, 0) is 25.0 Å². The molecule has 1 fully saturated rings. The molecule has 5 heteroatoms. The van der Waals surface area contributed by atoms with Gasteiger partial charge in [0.2, 0.25) is 0 Å². The van der Waals surface area contributed by atoms with Gasteiger partial charge in [-0.15, -0.1) is 0 Å². The molecule has 0 radical (unpaired) electrons. The molecule has 1 unspecified atom stereocenters. The van der Waals surface area contributed by atoms with E-state index >= 15 is 0 Å². The molecule has 0 saturated heterocycles. The van der Waals surface area contributed by atoms with Crippen LogP contribution >= 0.6 is 0 Å². The van der Waals surface area contributed by atoms with Gasteiger partial charge < -0.3 is 9.47 Å². The molecule has 0 bridgehead atoms. The van der Waals surface area contributed by atoms with Crippen molar-refractivity contribution < 1.29 is 14.4 Å². The van der Waals surface area contributed by atoms with E-state index in [1.54, 1.807) is 18.2 Å². The van der Waals surface area contributed by atoms with E-state index in [9.17, 15) is 10.1 Å². The maximum Gasteiger partial charge on any atom is 0.399 e. The highest BCUT2D eigenvalue weighted by molar-refractivity contribution is 5.41. The molecule has 0 aromatic heterocycles. The molecule has 0 spiro atoms. The molecule has 1 atom stereocenters. The summed E-state index contributed by atoms with van der Waals surface area (Å²) < 4.78 is 11.0. The molecule has 1 heterocycles. The number of hydrogen-bond donors (Lipinski definition) is 0. The van der Waals surface area contributed by atoms with Crippen LogP contribution in [0.3, 0.4) is 0 Å². The molecule has 2 aliphatic rings. The fourth-order valence-corrected chi connectivity index (χ4v) is 2.03. The molecule has 1 aliphatic carbocycles. The summed E-state index contributed by atoms with van der Waals surface area (Å²) >= 11 is 0. The number of rotatable bonds is 2. The molecule has 16 heavy (non-hydrogen) atoms. The van der Waals surface area contributed by atoms with Crippen LogP contribution in [-0.4, -0.2) is 17.3 Å². The molecule has 3 rings (SSSR count). The Hall–Kier alpha value is -1.78. The lowest BCUT2D eigenvalue weighted by atomic mass is 10.1. The fraction of sp³-hybridized carbons (Fsp3) is 0.455. The van der Waals surface area contributed by atoms with Crippen LogP contribution in [0.5, 0.6) is 11.5 Å². The summed E-state index contributed by atoms with van der Waals surface area (Å²) in [5.74, 6) is 1.04. The highest BCUT2D eigenvalue weighted by Crippen LogP contribution is 2.47. The van der Waals surface area contributed by atoms with Crippen LogP contribution in [0.4, 0.5) is 0 Å². The second kappa shape index (κ2) is 3.10. The van der Waals surface area contributed by atoms with E-state index in [4.69, 9.17) is 9.47 Å². The van der Waals surface area contributed by atoms with Gasteiger partial charge in [0.25, 0.3) is 0 Å². The zero-order valence-electron chi connectivity index (χ0n) is 8.59. The lowest BCUT2D eigenvalue weighted by molar-refractivity contribution is -0.626. The maximum atomic E-state index is 11.2. The maximum absolute atomic E-state index is 11.2. The normalized spacial score (nSPS) is 27.5. The van der Waals surface area contributed by atoms with E-state index in [-0.39, 0.29) is 17.4 Å². The predicted molar refractivity (Wildman–Crippen MR) is 55.0 cm³/mol. The molecule has 84 valence electrons. The highest BCUT2D eigenvalue weighted by Gasteiger charge is 2.61. The minimum Gasteiger partial charge on any atom is -0.478 e. The number of nitro groups is 1. The quantitative estimate of drug-likeness (QED) is 0.564. The number of benzene rings is 1. The number of fused-ring (bicyclic) bond motifs is 1. The Morgan fingerprint density at radius 3 is 2.62 bits per heavy atom. The van der Waals surface area contributed by atoms with Crippen molar-refractivity contribution in [2.24, 2.45) is 5.92 Å². The molecule has 0 N–H and O–H groups in total. The first kappa shape index (κ1) is 9.45.